The summed E-state index contributed by atoms with van der Waals surface area (Å²) in [5.41, 5.74) is 1.05. The van der Waals surface area contributed by atoms with E-state index in [1.165, 1.54) is 6.07 Å². The average Bonchev–Trinajstić information content (AvgIpc) is 2.67. The van der Waals surface area contributed by atoms with Crippen molar-refractivity contribution in [3.8, 4) is 5.75 Å². The minimum absolute atomic E-state index is 0.0521. The van der Waals surface area contributed by atoms with Gasteiger partial charge in [-0.25, -0.2) is 4.39 Å². The van der Waals surface area contributed by atoms with Gasteiger partial charge >= 0.3 is 0 Å². The van der Waals surface area contributed by atoms with Crippen LogP contribution in [0.1, 0.15) is 12.5 Å². The lowest BCUT2D eigenvalue weighted by molar-refractivity contribution is -0.123. The van der Waals surface area contributed by atoms with Crippen LogP contribution >= 0.6 is 0 Å². The van der Waals surface area contributed by atoms with Crippen LogP contribution in [0.3, 0.4) is 0 Å². The minimum Gasteiger partial charge on any atom is -0.497 e. The van der Waals surface area contributed by atoms with Gasteiger partial charge in [-0.15, -0.1) is 0 Å². The Morgan fingerprint density at radius 2 is 1.81 bits per heavy atom. The number of carbonyl (C=O) groups excluding carboxylic acids is 2. The fraction of sp³-hybridized carbons (Fsp3) is 0.300. The van der Waals surface area contributed by atoms with Crippen LogP contribution in [-0.2, 0) is 16.1 Å². The van der Waals surface area contributed by atoms with Crippen LogP contribution in [0, 0.1) is 5.82 Å². The first-order valence-electron chi connectivity index (χ1n) is 8.68. The molecular formula is C20H24FN3O3. The Labute approximate surface area is 158 Å². The Bertz CT molecular complexity index is 783. The molecule has 144 valence electrons. The van der Waals surface area contributed by atoms with E-state index in [1.54, 1.807) is 54.5 Å². The normalized spacial score (nSPS) is 10.5. The zero-order valence-corrected chi connectivity index (χ0v) is 15.5. The number of nitrogens with zero attached hydrogens (tertiary/aromatic N) is 1. The molecule has 2 amide bonds. The lowest BCUT2D eigenvalue weighted by atomic mass is 10.2. The maximum Gasteiger partial charge on any atom is 0.238 e. The highest BCUT2D eigenvalue weighted by molar-refractivity contribution is 5.92. The summed E-state index contributed by atoms with van der Waals surface area (Å²) in [4.78, 5) is 26.0. The van der Waals surface area contributed by atoms with Crippen LogP contribution in [0.25, 0.3) is 0 Å². The second kappa shape index (κ2) is 10.3. The van der Waals surface area contributed by atoms with Crippen LogP contribution in [0.2, 0.25) is 0 Å². The third-order valence-electron chi connectivity index (χ3n) is 3.97. The number of hydrogen-bond acceptors (Lipinski definition) is 4. The highest BCUT2D eigenvalue weighted by Crippen LogP contribution is 2.16. The van der Waals surface area contributed by atoms with Crippen molar-refractivity contribution >= 4 is 17.5 Å². The topological polar surface area (TPSA) is 70.7 Å². The van der Waals surface area contributed by atoms with Crippen LogP contribution < -0.4 is 15.4 Å². The number of ether oxygens (including phenoxy) is 1. The van der Waals surface area contributed by atoms with Gasteiger partial charge in [0.15, 0.2) is 0 Å². The minimum atomic E-state index is -0.359. The first-order valence-corrected chi connectivity index (χ1v) is 8.68. The molecular weight excluding hydrogens is 349 g/mol. The molecule has 7 heteroatoms. The summed E-state index contributed by atoms with van der Waals surface area (Å²) < 4.78 is 18.7. The molecule has 0 aliphatic carbocycles. The van der Waals surface area contributed by atoms with E-state index in [9.17, 15) is 14.0 Å². The summed E-state index contributed by atoms with van der Waals surface area (Å²) in [5.74, 6) is -0.211. The zero-order valence-electron chi connectivity index (χ0n) is 15.5. The Morgan fingerprint density at radius 3 is 2.52 bits per heavy atom. The molecule has 0 aliphatic heterocycles. The number of likely N-dealkylation sites (N-methyl/N-ethyl adjacent to an activating group) is 1. The van der Waals surface area contributed by atoms with Gasteiger partial charge in [-0.2, -0.15) is 0 Å². The molecule has 0 bridgehead atoms. The molecule has 6 nitrogen and oxygen atoms in total. The molecule has 0 fully saturated rings. The van der Waals surface area contributed by atoms with E-state index in [0.29, 0.717) is 23.5 Å². The highest BCUT2D eigenvalue weighted by atomic mass is 19.1. The Morgan fingerprint density at radius 1 is 1.07 bits per heavy atom. The Kier molecular flexibility index (Phi) is 7.76. The van der Waals surface area contributed by atoms with Gasteiger partial charge in [0.1, 0.15) is 11.6 Å². The number of methoxy groups -OCH3 is 1. The molecule has 0 saturated heterocycles. The van der Waals surface area contributed by atoms with Gasteiger partial charge in [-0.3, -0.25) is 14.5 Å². The third-order valence-corrected chi connectivity index (χ3v) is 3.97. The van der Waals surface area contributed by atoms with Gasteiger partial charge in [0.05, 0.1) is 20.2 Å². The van der Waals surface area contributed by atoms with Crippen LogP contribution in [0.4, 0.5) is 10.1 Å². The van der Waals surface area contributed by atoms with E-state index in [0.717, 1.165) is 0 Å². The van der Waals surface area contributed by atoms with Crippen molar-refractivity contribution in [1.82, 2.24) is 10.2 Å². The van der Waals surface area contributed by atoms with Gasteiger partial charge in [-0.05, 0) is 24.7 Å². The van der Waals surface area contributed by atoms with Crippen molar-refractivity contribution in [2.45, 2.75) is 13.5 Å². The number of nitrogens with one attached hydrogen (secondary N) is 2. The number of rotatable bonds is 9. The molecule has 0 atom stereocenters. The fourth-order valence-electron chi connectivity index (χ4n) is 2.48. The summed E-state index contributed by atoms with van der Waals surface area (Å²) >= 11 is 0. The summed E-state index contributed by atoms with van der Waals surface area (Å²) in [5, 5.41) is 5.45. The van der Waals surface area contributed by atoms with Crippen LogP contribution in [0.5, 0.6) is 5.75 Å². The number of amides is 2. The van der Waals surface area contributed by atoms with Crippen molar-refractivity contribution in [3.05, 3.63) is 59.9 Å². The second-order valence-electron chi connectivity index (χ2n) is 5.95. The molecule has 2 rings (SSSR count). The second-order valence-corrected chi connectivity index (χ2v) is 5.95. The van der Waals surface area contributed by atoms with Crippen molar-refractivity contribution in [3.63, 3.8) is 0 Å². The number of halogens is 1. The van der Waals surface area contributed by atoms with E-state index in [-0.39, 0.29) is 37.3 Å². The molecule has 0 aromatic heterocycles. The number of hydrogen-bond donors (Lipinski definition) is 2. The maximum absolute atomic E-state index is 13.6. The summed E-state index contributed by atoms with van der Waals surface area (Å²) in [7, 11) is 1.56. The lowest BCUT2D eigenvalue weighted by Crippen LogP contribution is -2.40. The molecule has 0 saturated carbocycles. The van der Waals surface area contributed by atoms with E-state index in [1.807, 2.05) is 6.92 Å². The summed E-state index contributed by atoms with van der Waals surface area (Å²) in [6.07, 6.45) is 0. The third kappa shape index (κ3) is 6.71. The standard InChI is InChI=1S/C20H24FN3O3/c1-3-24(13-19(25)22-12-15-7-4-5-10-18(15)21)14-20(26)23-16-8-6-9-17(11-16)27-2/h4-11H,3,12-14H2,1-2H3,(H,22,25)(H,23,26). The quantitative estimate of drug-likeness (QED) is 0.708. The summed E-state index contributed by atoms with van der Waals surface area (Å²) in [6, 6.07) is 13.3. The Balaban J connectivity index is 1.82. The average molecular weight is 373 g/mol. The monoisotopic (exact) mass is 373 g/mol. The van der Waals surface area contributed by atoms with Crippen LogP contribution in [-0.4, -0.2) is 43.5 Å². The predicted molar refractivity (Wildman–Crippen MR) is 102 cm³/mol. The van der Waals surface area contributed by atoms with E-state index < -0.39 is 0 Å². The number of carbonyl (C=O) groups is 2. The molecule has 0 radical (unpaired) electrons. The van der Waals surface area contributed by atoms with Crippen molar-refractivity contribution in [2.75, 3.05) is 32.1 Å². The largest absolute Gasteiger partial charge is 0.497 e. The SMILES string of the molecule is CCN(CC(=O)NCc1ccccc1F)CC(=O)Nc1cccc(OC)c1. The van der Waals surface area contributed by atoms with Gasteiger partial charge < -0.3 is 15.4 Å². The smallest absolute Gasteiger partial charge is 0.238 e. The molecule has 2 aromatic rings. The molecule has 0 spiro atoms. The highest BCUT2D eigenvalue weighted by Gasteiger charge is 2.14. The van der Waals surface area contributed by atoms with Crippen molar-refractivity contribution < 1.29 is 18.7 Å². The molecule has 27 heavy (non-hydrogen) atoms. The summed E-state index contributed by atoms with van der Waals surface area (Å²) in [6.45, 7) is 2.62. The molecule has 0 unspecified atom stereocenters. The molecule has 2 N–H and O–H groups in total. The predicted octanol–water partition coefficient (Wildman–Crippen LogP) is 2.41. The number of anilines is 1. The maximum atomic E-state index is 13.6. The molecule has 2 aromatic carbocycles. The lowest BCUT2D eigenvalue weighted by Gasteiger charge is -2.19. The van der Waals surface area contributed by atoms with Gasteiger partial charge in [0.2, 0.25) is 11.8 Å². The van der Waals surface area contributed by atoms with E-state index in [2.05, 4.69) is 10.6 Å². The fourth-order valence-corrected chi connectivity index (χ4v) is 2.48. The van der Waals surface area contributed by atoms with Crippen molar-refractivity contribution in [1.29, 1.82) is 0 Å². The van der Waals surface area contributed by atoms with Crippen LogP contribution in [0.15, 0.2) is 48.5 Å². The molecule has 0 aliphatic rings. The van der Waals surface area contributed by atoms with Gasteiger partial charge in [-0.1, -0.05) is 31.2 Å². The van der Waals surface area contributed by atoms with Gasteiger partial charge in [0, 0.05) is 23.9 Å². The first-order chi connectivity index (χ1) is 13.0. The zero-order chi connectivity index (χ0) is 19.6. The Hall–Kier alpha value is -2.93. The van der Waals surface area contributed by atoms with E-state index >= 15 is 0 Å². The number of benzene rings is 2. The first kappa shape index (κ1) is 20.4. The van der Waals surface area contributed by atoms with Gasteiger partial charge in [0.25, 0.3) is 0 Å². The van der Waals surface area contributed by atoms with Crippen molar-refractivity contribution in [2.24, 2.45) is 0 Å². The van der Waals surface area contributed by atoms with E-state index in [4.69, 9.17) is 4.74 Å². The molecule has 0 heterocycles.